The number of ether oxygens (including phenoxy) is 2. The van der Waals surface area contributed by atoms with Crippen molar-refractivity contribution >= 4 is 0 Å². The maximum absolute atomic E-state index is 10.1. The van der Waals surface area contributed by atoms with E-state index in [-0.39, 0.29) is 6.10 Å². The Morgan fingerprint density at radius 1 is 1.24 bits per heavy atom. The van der Waals surface area contributed by atoms with Crippen molar-refractivity contribution in [2.75, 3.05) is 13.2 Å². The zero-order valence-electron chi connectivity index (χ0n) is 9.84. The smallest absolute Gasteiger partial charge is 0.125 e. The third-order valence-corrected chi connectivity index (χ3v) is 3.73. The molecule has 0 aromatic heterocycles. The van der Waals surface area contributed by atoms with Gasteiger partial charge in [0.05, 0.1) is 12.7 Å². The summed E-state index contributed by atoms with van der Waals surface area (Å²) in [6, 6.07) is 7.77. The second-order valence-corrected chi connectivity index (χ2v) is 4.92. The third-order valence-electron chi connectivity index (χ3n) is 3.73. The topological polar surface area (TPSA) is 38.7 Å². The van der Waals surface area contributed by atoms with E-state index in [2.05, 4.69) is 0 Å². The Morgan fingerprint density at radius 2 is 2.12 bits per heavy atom. The number of aliphatic hydroxyl groups excluding tert-OH is 1. The zero-order valence-corrected chi connectivity index (χ0v) is 9.84. The van der Waals surface area contributed by atoms with Gasteiger partial charge in [-0.05, 0) is 18.9 Å². The van der Waals surface area contributed by atoms with Crippen LogP contribution < -0.4 is 4.74 Å². The Balaban J connectivity index is 1.78. The van der Waals surface area contributed by atoms with Crippen LogP contribution in [0.4, 0.5) is 0 Å². The van der Waals surface area contributed by atoms with Crippen LogP contribution in [-0.2, 0) is 4.74 Å². The van der Waals surface area contributed by atoms with Gasteiger partial charge in [-0.25, -0.2) is 0 Å². The fourth-order valence-electron chi connectivity index (χ4n) is 2.77. The van der Waals surface area contributed by atoms with Crippen LogP contribution in [0.15, 0.2) is 24.3 Å². The minimum Gasteiger partial charge on any atom is -0.490 e. The van der Waals surface area contributed by atoms with E-state index in [1.54, 1.807) is 0 Å². The summed E-state index contributed by atoms with van der Waals surface area (Å²) in [5, 5.41) is 10.1. The van der Waals surface area contributed by atoms with E-state index in [0.717, 1.165) is 37.4 Å². The Bertz CT molecular complexity index is 385. The van der Waals surface area contributed by atoms with E-state index in [0.29, 0.717) is 12.3 Å². The summed E-state index contributed by atoms with van der Waals surface area (Å²) in [5.74, 6) is 1.26. The van der Waals surface area contributed by atoms with Gasteiger partial charge in [0.25, 0.3) is 0 Å². The summed E-state index contributed by atoms with van der Waals surface area (Å²) in [6.45, 7) is 1.63. The minimum absolute atomic E-state index is 0.0974. The average Bonchev–Trinajstić information content (AvgIpc) is 2.40. The monoisotopic (exact) mass is 234 g/mol. The molecule has 17 heavy (non-hydrogen) atoms. The lowest BCUT2D eigenvalue weighted by atomic mass is 9.88. The molecule has 3 atom stereocenters. The lowest BCUT2D eigenvalue weighted by Gasteiger charge is -2.36. The fraction of sp³-hybridized carbons (Fsp3) is 0.571. The van der Waals surface area contributed by atoms with Crippen molar-refractivity contribution in [3.05, 3.63) is 29.8 Å². The van der Waals surface area contributed by atoms with Gasteiger partial charge < -0.3 is 14.6 Å². The fourth-order valence-corrected chi connectivity index (χ4v) is 2.77. The van der Waals surface area contributed by atoms with Crippen molar-refractivity contribution in [2.24, 2.45) is 5.92 Å². The van der Waals surface area contributed by atoms with Gasteiger partial charge in [0.1, 0.15) is 11.9 Å². The predicted molar refractivity (Wildman–Crippen MR) is 64.0 cm³/mol. The molecular weight excluding hydrogens is 216 g/mol. The molecule has 3 heteroatoms. The first-order valence-electron chi connectivity index (χ1n) is 6.36. The molecular formula is C14H18O3. The van der Waals surface area contributed by atoms with Gasteiger partial charge in [0.15, 0.2) is 0 Å². The SMILES string of the molecule is O[C@@H]1CC(C2CCCOC2)Oc2ccccc21. The second kappa shape index (κ2) is 4.67. The van der Waals surface area contributed by atoms with E-state index in [9.17, 15) is 5.11 Å². The predicted octanol–water partition coefficient (Wildman–Crippen LogP) is 2.30. The van der Waals surface area contributed by atoms with Crippen LogP contribution in [0.3, 0.4) is 0 Å². The number of rotatable bonds is 1. The number of para-hydroxylation sites is 1. The molecule has 2 unspecified atom stereocenters. The van der Waals surface area contributed by atoms with E-state index in [1.807, 2.05) is 24.3 Å². The molecule has 2 heterocycles. The first-order chi connectivity index (χ1) is 8.34. The summed E-state index contributed by atoms with van der Waals surface area (Å²) < 4.78 is 11.5. The molecule has 1 fully saturated rings. The molecule has 1 aromatic rings. The summed E-state index contributed by atoms with van der Waals surface area (Å²) in [5.41, 5.74) is 0.917. The summed E-state index contributed by atoms with van der Waals surface area (Å²) >= 11 is 0. The third kappa shape index (κ3) is 2.17. The van der Waals surface area contributed by atoms with Gasteiger partial charge >= 0.3 is 0 Å². The number of aliphatic hydroxyl groups is 1. The first kappa shape index (κ1) is 11.1. The van der Waals surface area contributed by atoms with Gasteiger partial charge in [-0.3, -0.25) is 0 Å². The van der Waals surface area contributed by atoms with Gasteiger partial charge in [-0.1, -0.05) is 18.2 Å². The first-order valence-corrected chi connectivity index (χ1v) is 6.36. The molecule has 1 aromatic carbocycles. The lowest BCUT2D eigenvalue weighted by Crippen LogP contribution is -2.37. The minimum atomic E-state index is -0.396. The normalized spacial score (nSPS) is 32.6. The van der Waals surface area contributed by atoms with Crippen molar-refractivity contribution in [1.82, 2.24) is 0 Å². The van der Waals surface area contributed by atoms with Crippen molar-refractivity contribution in [1.29, 1.82) is 0 Å². The molecule has 0 aliphatic carbocycles. The van der Waals surface area contributed by atoms with Crippen molar-refractivity contribution in [2.45, 2.75) is 31.5 Å². The summed E-state index contributed by atoms with van der Waals surface area (Å²) in [7, 11) is 0. The van der Waals surface area contributed by atoms with Gasteiger partial charge in [-0.2, -0.15) is 0 Å². The molecule has 3 nitrogen and oxygen atoms in total. The maximum atomic E-state index is 10.1. The van der Waals surface area contributed by atoms with E-state index >= 15 is 0 Å². The average molecular weight is 234 g/mol. The van der Waals surface area contributed by atoms with Crippen LogP contribution in [0.2, 0.25) is 0 Å². The molecule has 1 saturated heterocycles. The van der Waals surface area contributed by atoms with E-state index < -0.39 is 6.10 Å². The standard InChI is InChI=1S/C14H18O3/c15-12-8-14(10-4-3-7-16-9-10)17-13-6-2-1-5-11(12)13/h1-2,5-6,10,12,14-15H,3-4,7-9H2/t10?,12-,14?/m1/s1. The molecule has 92 valence electrons. The largest absolute Gasteiger partial charge is 0.490 e. The van der Waals surface area contributed by atoms with Gasteiger partial charge in [0.2, 0.25) is 0 Å². The molecule has 2 aliphatic rings. The van der Waals surface area contributed by atoms with E-state index in [1.165, 1.54) is 0 Å². The Morgan fingerprint density at radius 3 is 2.94 bits per heavy atom. The van der Waals surface area contributed by atoms with Crippen LogP contribution in [0.25, 0.3) is 0 Å². The molecule has 0 amide bonds. The van der Waals surface area contributed by atoms with Crippen molar-refractivity contribution in [3.63, 3.8) is 0 Å². The number of fused-ring (bicyclic) bond motifs is 1. The molecule has 0 radical (unpaired) electrons. The number of benzene rings is 1. The second-order valence-electron chi connectivity index (χ2n) is 4.92. The highest BCUT2D eigenvalue weighted by Gasteiger charge is 2.33. The molecule has 1 N–H and O–H groups in total. The number of hydrogen-bond donors (Lipinski definition) is 1. The van der Waals surface area contributed by atoms with E-state index in [4.69, 9.17) is 9.47 Å². The molecule has 0 saturated carbocycles. The summed E-state index contributed by atoms with van der Waals surface area (Å²) in [6.07, 6.45) is 2.62. The summed E-state index contributed by atoms with van der Waals surface area (Å²) in [4.78, 5) is 0. The molecule has 0 bridgehead atoms. The van der Waals surface area contributed by atoms with Crippen LogP contribution in [-0.4, -0.2) is 24.4 Å². The Labute approximate surface area is 101 Å². The molecule has 3 rings (SSSR count). The highest BCUT2D eigenvalue weighted by Crippen LogP contribution is 2.38. The number of hydrogen-bond acceptors (Lipinski definition) is 3. The highest BCUT2D eigenvalue weighted by molar-refractivity contribution is 5.37. The Hall–Kier alpha value is -1.06. The highest BCUT2D eigenvalue weighted by atomic mass is 16.5. The van der Waals surface area contributed by atoms with Crippen LogP contribution >= 0.6 is 0 Å². The van der Waals surface area contributed by atoms with Crippen LogP contribution in [0, 0.1) is 5.92 Å². The quantitative estimate of drug-likeness (QED) is 0.810. The zero-order chi connectivity index (χ0) is 11.7. The molecule has 2 aliphatic heterocycles. The van der Waals surface area contributed by atoms with Crippen molar-refractivity contribution < 1.29 is 14.6 Å². The van der Waals surface area contributed by atoms with Gasteiger partial charge in [0, 0.05) is 24.5 Å². The van der Waals surface area contributed by atoms with Gasteiger partial charge in [-0.15, -0.1) is 0 Å². The van der Waals surface area contributed by atoms with Crippen LogP contribution in [0.5, 0.6) is 5.75 Å². The Kier molecular flexibility index (Phi) is 3.04. The maximum Gasteiger partial charge on any atom is 0.125 e. The molecule has 0 spiro atoms. The lowest BCUT2D eigenvalue weighted by molar-refractivity contribution is -0.0285. The van der Waals surface area contributed by atoms with Crippen molar-refractivity contribution in [3.8, 4) is 5.75 Å². The van der Waals surface area contributed by atoms with Crippen LogP contribution in [0.1, 0.15) is 30.9 Å².